The first-order valence-corrected chi connectivity index (χ1v) is 9.08. The Morgan fingerprint density at radius 1 is 1.19 bits per heavy atom. The summed E-state index contributed by atoms with van der Waals surface area (Å²) in [7, 11) is 1.70. The lowest BCUT2D eigenvalue weighted by Crippen LogP contribution is -2.38. The van der Waals surface area contributed by atoms with Crippen LogP contribution < -0.4 is 15.2 Å². The molecule has 2 aliphatic rings. The quantitative estimate of drug-likeness (QED) is 0.921. The largest absolute Gasteiger partial charge is 0.493 e. The third-order valence-electron chi connectivity index (χ3n) is 4.67. The van der Waals surface area contributed by atoms with Crippen LogP contribution in [0.3, 0.4) is 0 Å². The first-order chi connectivity index (χ1) is 10.2. The molecule has 0 aromatic heterocycles. The van der Waals surface area contributed by atoms with Crippen molar-refractivity contribution in [2.75, 3.05) is 18.6 Å². The lowest BCUT2D eigenvalue weighted by Gasteiger charge is -2.34. The molecule has 0 bridgehead atoms. The van der Waals surface area contributed by atoms with Crippen LogP contribution in [-0.4, -0.2) is 24.7 Å². The first-order valence-electron chi connectivity index (χ1n) is 7.93. The normalized spacial score (nSPS) is 24.8. The number of thioether (sulfide) groups is 1. The zero-order valence-corrected chi connectivity index (χ0v) is 13.6. The van der Waals surface area contributed by atoms with Crippen molar-refractivity contribution in [3.05, 3.63) is 23.8 Å². The Hall–Kier alpha value is -0.870. The third-order valence-corrected chi connectivity index (χ3v) is 5.80. The second-order valence-corrected chi connectivity index (χ2v) is 7.34. The fourth-order valence-corrected chi connectivity index (χ4v) is 4.43. The predicted molar refractivity (Wildman–Crippen MR) is 88.3 cm³/mol. The van der Waals surface area contributed by atoms with Crippen molar-refractivity contribution < 1.29 is 9.47 Å². The van der Waals surface area contributed by atoms with Gasteiger partial charge in [-0.2, -0.15) is 11.8 Å². The number of ether oxygens (including phenoxy) is 2. The van der Waals surface area contributed by atoms with Crippen molar-refractivity contribution in [2.45, 2.75) is 50.2 Å². The van der Waals surface area contributed by atoms with Crippen LogP contribution in [0.2, 0.25) is 0 Å². The molecule has 2 N–H and O–H groups in total. The molecule has 1 atom stereocenters. The van der Waals surface area contributed by atoms with Gasteiger partial charge in [0.15, 0.2) is 11.5 Å². The highest BCUT2D eigenvalue weighted by molar-refractivity contribution is 7.99. The number of nitrogens with two attached hydrogens (primary N) is 1. The van der Waals surface area contributed by atoms with E-state index >= 15 is 0 Å². The summed E-state index contributed by atoms with van der Waals surface area (Å²) in [6.45, 7) is 0. The zero-order chi connectivity index (χ0) is 14.7. The fraction of sp³-hybridized carbons (Fsp3) is 0.647. The predicted octanol–water partition coefficient (Wildman–Crippen LogP) is 3.70. The zero-order valence-electron chi connectivity index (χ0n) is 12.8. The molecule has 3 nitrogen and oxygen atoms in total. The minimum absolute atomic E-state index is 0.187. The van der Waals surface area contributed by atoms with Gasteiger partial charge in [-0.15, -0.1) is 0 Å². The van der Waals surface area contributed by atoms with Gasteiger partial charge in [-0.1, -0.05) is 25.3 Å². The smallest absolute Gasteiger partial charge is 0.161 e. The Bertz CT molecular complexity index is 480. The van der Waals surface area contributed by atoms with Crippen LogP contribution in [0.25, 0.3) is 0 Å². The number of hydrogen-bond donors (Lipinski definition) is 1. The van der Waals surface area contributed by atoms with Crippen molar-refractivity contribution >= 4 is 11.8 Å². The lowest BCUT2D eigenvalue weighted by atomic mass is 9.77. The van der Waals surface area contributed by atoms with Crippen LogP contribution in [-0.2, 0) is 5.54 Å². The molecule has 2 fully saturated rings. The molecule has 1 heterocycles. The van der Waals surface area contributed by atoms with E-state index in [9.17, 15) is 0 Å². The van der Waals surface area contributed by atoms with E-state index in [0.717, 1.165) is 36.5 Å². The van der Waals surface area contributed by atoms with E-state index in [4.69, 9.17) is 15.2 Å². The van der Waals surface area contributed by atoms with Crippen molar-refractivity contribution in [3.63, 3.8) is 0 Å². The van der Waals surface area contributed by atoms with Crippen molar-refractivity contribution in [1.82, 2.24) is 0 Å². The Morgan fingerprint density at radius 2 is 2.00 bits per heavy atom. The average molecular weight is 307 g/mol. The molecular formula is C17H25NO2S. The maximum Gasteiger partial charge on any atom is 0.161 e. The summed E-state index contributed by atoms with van der Waals surface area (Å²) < 4.78 is 11.6. The number of benzene rings is 1. The van der Waals surface area contributed by atoms with Crippen LogP contribution >= 0.6 is 11.8 Å². The molecule has 1 aromatic rings. The number of rotatable bonds is 4. The van der Waals surface area contributed by atoms with E-state index in [2.05, 4.69) is 12.1 Å². The molecule has 1 saturated heterocycles. The molecule has 0 amide bonds. The molecule has 1 unspecified atom stereocenters. The van der Waals surface area contributed by atoms with Gasteiger partial charge in [0.25, 0.3) is 0 Å². The summed E-state index contributed by atoms with van der Waals surface area (Å²) in [5, 5.41) is 0. The van der Waals surface area contributed by atoms with Gasteiger partial charge in [-0.3, -0.25) is 0 Å². The summed E-state index contributed by atoms with van der Waals surface area (Å²) in [6, 6.07) is 6.24. The second kappa shape index (κ2) is 6.49. The highest BCUT2D eigenvalue weighted by Gasteiger charge is 2.30. The molecule has 1 aliphatic heterocycles. The lowest BCUT2D eigenvalue weighted by molar-refractivity contribution is 0.217. The van der Waals surface area contributed by atoms with E-state index in [1.807, 2.05) is 17.8 Å². The van der Waals surface area contributed by atoms with E-state index in [-0.39, 0.29) is 5.54 Å². The second-order valence-electron chi connectivity index (χ2n) is 6.19. The molecule has 116 valence electrons. The van der Waals surface area contributed by atoms with E-state index in [1.54, 1.807) is 7.11 Å². The van der Waals surface area contributed by atoms with Crippen LogP contribution in [0.15, 0.2) is 18.2 Å². The van der Waals surface area contributed by atoms with Crippen molar-refractivity contribution in [1.29, 1.82) is 0 Å². The van der Waals surface area contributed by atoms with Crippen molar-refractivity contribution in [2.24, 2.45) is 5.73 Å². The molecule has 0 radical (unpaired) electrons. The minimum atomic E-state index is -0.187. The molecule has 3 rings (SSSR count). The Kier molecular flexibility index (Phi) is 4.65. The summed E-state index contributed by atoms with van der Waals surface area (Å²) in [4.78, 5) is 0. The summed E-state index contributed by atoms with van der Waals surface area (Å²) in [5.41, 5.74) is 7.66. The van der Waals surface area contributed by atoms with Gasteiger partial charge in [0.1, 0.15) is 6.10 Å². The highest BCUT2D eigenvalue weighted by Crippen LogP contribution is 2.39. The standard InChI is InChI=1S/C17H25NO2S/c1-19-15-6-5-13(17(18)8-3-2-4-9-17)11-16(15)20-14-7-10-21-12-14/h5-6,11,14H,2-4,7-10,12,18H2,1H3. The van der Waals surface area contributed by atoms with E-state index in [1.165, 1.54) is 30.6 Å². The number of hydrogen-bond acceptors (Lipinski definition) is 4. The topological polar surface area (TPSA) is 44.5 Å². The third kappa shape index (κ3) is 3.32. The summed E-state index contributed by atoms with van der Waals surface area (Å²) in [6.07, 6.45) is 7.30. The molecule has 1 aliphatic carbocycles. The van der Waals surface area contributed by atoms with Crippen LogP contribution in [0, 0.1) is 0 Å². The van der Waals surface area contributed by atoms with Gasteiger partial charge in [0, 0.05) is 11.3 Å². The van der Waals surface area contributed by atoms with Crippen molar-refractivity contribution in [3.8, 4) is 11.5 Å². The SMILES string of the molecule is COc1ccc(C2(N)CCCCC2)cc1OC1CCSC1. The maximum absolute atomic E-state index is 6.65. The van der Waals surface area contributed by atoms with Gasteiger partial charge in [0.2, 0.25) is 0 Å². The van der Waals surface area contributed by atoms with Crippen LogP contribution in [0.1, 0.15) is 44.1 Å². The first kappa shape index (κ1) is 15.0. The monoisotopic (exact) mass is 307 g/mol. The summed E-state index contributed by atoms with van der Waals surface area (Å²) in [5.74, 6) is 3.93. The molecule has 4 heteroatoms. The molecular weight excluding hydrogens is 282 g/mol. The molecule has 1 saturated carbocycles. The van der Waals surface area contributed by atoms with E-state index < -0.39 is 0 Å². The van der Waals surface area contributed by atoms with Crippen LogP contribution in [0.5, 0.6) is 11.5 Å². The molecule has 21 heavy (non-hydrogen) atoms. The highest BCUT2D eigenvalue weighted by atomic mass is 32.2. The Morgan fingerprint density at radius 3 is 2.67 bits per heavy atom. The molecule has 1 aromatic carbocycles. The van der Waals surface area contributed by atoms with Crippen LogP contribution in [0.4, 0.5) is 0 Å². The van der Waals surface area contributed by atoms with Gasteiger partial charge in [0.05, 0.1) is 7.11 Å². The summed E-state index contributed by atoms with van der Waals surface area (Å²) >= 11 is 1.96. The van der Waals surface area contributed by atoms with Gasteiger partial charge in [-0.25, -0.2) is 0 Å². The fourth-order valence-electron chi connectivity index (χ4n) is 3.34. The van der Waals surface area contributed by atoms with Gasteiger partial charge < -0.3 is 15.2 Å². The maximum atomic E-state index is 6.65. The number of methoxy groups -OCH3 is 1. The Labute approximate surface area is 131 Å². The van der Waals surface area contributed by atoms with E-state index in [0.29, 0.717) is 6.10 Å². The van der Waals surface area contributed by atoms with Gasteiger partial charge >= 0.3 is 0 Å². The minimum Gasteiger partial charge on any atom is -0.493 e. The molecule has 0 spiro atoms. The average Bonchev–Trinajstić information content (AvgIpc) is 3.01. The Balaban J connectivity index is 1.84. The van der Waals surface area contributed by atoms with Gasteiger partial charge in [-0.05, 0) is 42.7 Å².